The monoisotopic (exact) mass is 381 g/mol. The van der Waals surface area contributed by atoms with Gasteiger partial charge in [-0.2, -0.15) is 0 Å². The molecule has 2 aliphatic heterocycles. The van der Waals surface area contributed by atoms with Crippen LogP contribution in [0.4, 0.5) is 11.4 Å². The zero-order valence-electron chi connectivity index (χ0n) is 18.7. The van der Waals surface area contributed by atoms with Gasteiger partial charge in [0.2, 0.25) is 0 Å². The van der Waals surface area contributed by atoms with Gasteiger partial charge in [0.15, 0.2) is 0 Å². The summed E-state index contributed by atoms with van der Waals surface area (Å²) < 4.78 is 0. The molecule has 3 nitrogen and oxygen atoms in total. The van der Waals surface area contributed by atoms with E-state index in [9.17, 15) is 0 Å². The number of hydrogen-bond donors (Lipinski definition) is 1. The second kappa shape index (κ2) is 6.43. The predicted octanol–water partition coefficient (Wildman–Crippen LogP) is 5.25. The van der Waals surface area contributed by atoms with Gasteiger partial charge in [0.25, 0.3) is 0 Å². The maximum absolute atomic E-state index is 6.49. The zero-order chi connectivity index (χ0) is 20.3. The highest BCUT2D eigenvalue weighted by Gasteiger charge is 2.45. The molecule has 1 aliphatic carbocycles. The van der Waals surface area contributed by atoms with Crippen LogP contribution in [0.5, 0.6) is 0 Å². The fourth-order valence-corrected chi connectivity index (χ4v) is 5.64. The van der Waals surface area contributed by atoms with E-state index in [1.807, 2.05) is 0 Å². The lowest BCUT2D eigenvalue weighted by atomic mass is 9.71. The Morgan fingerprint density at radius 1 is 1.07 bits per heavy atom. The highest BCUT2D eigenvalue weighted by Crippen LogP contribution is 2.46. The van der Waals surface area contributed by atoms with Crippen LogP contribution in [-0.2, 0) is 12.8 Å². The second-order valence-corrected chi connectivity index (χ2v) is 11.8. The van der Waals surface area contributed by atoms with Crippen LogP contribution in [0.3, 0.4) is 0 Å². The first-order valence-electron chi connectivity index (χ1n) is 11.0. The van der Waals surface area contributed by atoms with Crippen molar-refractivity contribution in [1.82, 2.24) is 4.90 Å². The summed E-state index contributed by atoms with van der Waals surface area (Å²) in [5, 5.41) is 0. The van der Waals surface area contributed by atoms with Gasteiger partial charge in [-0.15, -0.1) is 0 Å². The Bertz CT molecular complexity index is 768. The lowest BCUT2D eigenvalue weighted by Crippen LogP contribution is -2.59. The Balaban J connectivity index is 1.37. The second-order valence-electron chi connectivity index (χ2n) is 11.8. The van der Waals surface area contributed by atoms with E-state index >= 15 is 0 Å². The molecule has 4 rings (SSSR count). The third-order valence-electron chi connectivity index (χ3n) is 7.09. The van der Waals surface area contributed by atoms with Crippen LogP contribution < -0.4 is 10.6 Å². The minimum absolute atomic E-state index is 0.322. The first kappa shape index (κ1) is 19.7. The highest BCUT2D eigenvalue weighted by atomic mass is 15.2. The van der Waals surface area contributed by atoms with Gasteiger partial charge in [0.05, 0.1) is 11.4 Å². The third-order valence-corrected chi connectivity index (χ3v) is 7.09. The summed E-state index contributed by atoms with van der Waals surface area (Å²) in [6.07, 6.45) is 5.97. The van der Waals surface area contributed by atoms with Gasteiger partial charge in [-0.3, -0.25) is 0 Å². The fraction of sp³-hybridized carbons (Fsp3) is 0.680. The highest BCUT2D eigenvalue weighted by molar-refractivity contribution is 5.71. The summed E-state index contributed by atoms with van der Waals surface area (Å²) in [7, 11) is 0. The number of hydrogen-bond acceptors (Lipinski definition) is 3. The van der Waals surface area contributed by atoms with Crippen molar-refractivity contribution in [2.24, 2.45) is 16.2 Å². The summed E-state index contributed by atoms with van der Waals surface area (Å²) in [5.74, 6) is 0. The standard InChI is InChI=1S/C25H39N3/c1-18(13-23(2,3)4)28-16-25(17-28)7-9-27(10-8-25)22-12-20-15-24(5,6)14-19(20)11-21(22)26/h11-12H,1,7-10,13-17,26H2,2-6H3. The predicted molar refractivity (Wildman–Crippen MR) is 121 cm³/mol. The molecule has 1 aromatic carbocycles. The largest absolute Gasteiger partial charge is 0.397 e. The minimum Gasteiger partial charge on any atom is -0.397 e. The summed E-state index contributed by atoms with van der Waals surface area (Å²) in [5.41, 5.74) is 14.2. The van der Waals surface area contributed by atoms with Crippen LogP contribution in [0.15, 0.2) is 24.4 Å². The molecule has 0 amide bonds. The summed E-state index contributed by atoms with van der Waals surface area (Å²) >= 11 is 0. The number of fused-ring (bicyclic) bond motifs is 1. The molecule has 1 spiro atoms. The van der Waals surface area contributed by atoms with Gasteiger partial charge in [0, 0.05) is 37.3 Å². The molecule has 3 aliphatic rings. The van der Waals surface area contributed by atoms with Crippen LogP contribution in [0.2, 0.25) is 0 Å². The normalized spacial score (nSPS) is 22.9. The Morgan fingerprint density at radius 2 is 1.64 bits per heavy atom. The number of piperidine rings is 1. The van der Waals surface area contributed by atoms with E-state index in [2.05, 4.69) is 63.1 Å². The number of rotatable bonds is 3. The molecule has 2 heterocycles. The van der Waals surface area contributed by atoms with Gasteiger partial charge in [-0.05, 0) is 66.2 Å². The molecular weight excluding hydrogens is 342 g/mol. The average molecular weight is 382 g/mol. The van der Waals surface area contributed by atoms with E-state index in [0.29, 0.717) is 16.2 Å². The van der Waals surface area contributed by atoms with E-state index in [0.717, 1.165) is 31.6 Å². The number of anilines is 2. The topological polar surface area (TPSA) is 32.5 Å². The number of benzene rings is 1. The van der Waals surface area contributed by atoms with Crippen LogP contribution in [0, 0.1) is 16.2 Å². The van der Waals surface area contributed by atoms with Crippen molar-refractivity contribution in [2.75, 3.05) is 36.8 Å². The Morgan fingerprint density at radius 3 is 2.21 bits per heavy atom. The average Bonchev–Trinajstić information content (AvgIpc) is 2.83. The molecule has 2 saturated heterocycles. The van der Waals surface area contributed by atoms with Crippen molar-refractivity contribution in [3.05, 3.63) is 35.5 Å². The minimum atomic E-state index is 0.322. The van der Waals surface area contributed by atoms with Gasteiger partial charge in [-0.25, -0.2) is 0 Å². The Hall–Kier alpha value is -1.64. The molecule has 1 aromatic rings. The van der Waals surface area contributed by atoms with Crippen LogP contribution in [0.25, 0.3) is 0 Å². The maximum atomic E-state index is 6.49. The number of likely N-dealkylation sites (tertiary alicyclic amines) is 1. The maximum Gasteiger partial charge on any atom is 0.0602 e. The van der Waals surface area contributed by atoms with Crippen molar-refractivity contribution in [3.8, 4) is 0 Å². The number of nitrogen functional groups attached to an aromatic ring is 1. The SMILES string of the molecule is C=C(CC(C)(C)C)N1CC2(CCN(c3cc4c(cc3N)CC(C)(C)C4)CC2)C1. The lowest BCUT2D eigenvalue weighted by Gasteiger charge is -2.56. The molecule has 0 atom stereocenters. The number of nitrogens with zero attached hydrogens (tertiary/aromatic N) is 2. The third kappa shape index (κ3) is 3.77. The molecule has 0 radical (unpaired) electrons. The van der Waals surface area contributed by atoms with Crippen molar-refractivity contribution >= 4 is 11.4 Å². The molecule has 0 saturated carbocycles. The van der Waals surface area contributed by atoms with Crippen molar-refractivity contribution in [2.45, 2.75) is 66.7 Å². The summed E-state index contributed by atoms with van der Waals surface area (Å²) in [6, 6.07) is 4.65. The first-order valence-corrected chi connectivity index (χ1v) is 11.0. The molecule has 3 heteroatoms. The first-order chi connectivity index (χ1) is 13.0. The molecular formula is C25H39N3. The Kier molecular flexibility index (Phi) is 4.52. The van der Waals surface area contributed by atoms with Gasteiger partial charge in [-0.1, -0.05) is 41.2 Å². The molecule has 0 bridgehead atoms. The van der Waals surface area contributed by atoms with Gasteiger partial charge < -0.3 is 15.5 Å². The van der Waals surface area contributed by atoms with Gasteiger partial charge in [0.1, 0.15) is 0 Å². The van der Waals surface area contributed by atoms with Crippen LogP contribution in [0.1, 0.15) is 65.0 Å². The molecule has 2 fully saturated rings. The van der Waals surface area contributed by atoms with E-state index < -0.39 is 0 Å². The van der Waals surface area contributed by atoms with E-state index in [-0.39, 0.29) is 0 Å². The van der Waals surface area contributed by atoms with E-state index in [4.69, 9.17) is 5.73 Å². The van der Waals surface area contributed by atoms with E-state index in [1.54, 1.807) is 0 Å². The van der Waals surface area contributed by atoms with Crippen molar-refractivity contribution in [1.29, 1.82) is 0 Å². The molecule has 2 N–H and O–H groups in total. The van der Waals surface area contributed by atoms with E-state index in [1.165, 1.54) is 54.9 Å². The van der Waals surface area contributed by atoms with Gasteiger partial charge >= 0.3 is 0 Å². The molecule has 28 heavy (non-hydrogen) atoms. The number of nitrogens with two attached hydrogens (primary N) is 1. The summed E-state index contributed by atoms with van der Waals surface area (Å²) in [4.78, 5) is 5.06. The fourth-order valence-electron chi connectivity index (χ4n) is 5.64. The lowest BCUT2D eigenvalue weighted by molar-refractivity contribution is 0.00217. The smallest absolute Gasteiger partial charge is 0.0602 e. The van der Waals surface area contributed by atoms with Crippen LogP contribution >= 0.6 is 0 Å². The number of allylic oxidation sites excluding steroid dienone is 1. The van der Waals surface area contributed by atoms with Crippen molar-refractivity contribution in [3.63, 3.8) is 0 Å². The molecule has 0 unspecified atom stereocenters. The molecule has 0 aromatic heterocycles. The van der Waals surface area contributed by atoms with Crippen LogP contribution in [-0.4, -0.2) is 31.1 Å². The Labute approximate surface area is 172 Å². The zero-order valence-corrected chi connectivity index (χ0v) is 18.7. The quantitative estimate of drug-likeness (QED) is 0.726. The van der Waals surface area contributed by atoms with Crippen molar-refractivity contribution < 1.29 is 0 Å². The molecule has 154 valence electrons. The summed E-state index contributed by atoms with van der Waals surface area (Å²) in [6.45, 7) is 20.6.